The molecule has 53 heavy (non-hydrogen) atoms. The zero-order chi connectivity index (χ0) is 40.8. The third kappa shape index (κ3) is 19.7. The van der Waals surface area contributed by atoms with E-state index >= 15 is 0 Å². The third-order valence-corrected chi connectivity index (χ3v) is 7.81. The molecule has 0 aromatic carbocycles. The highest BCUT2D eigenvalue weighted by molar-refractivity contribution is 5.96. The van der Waals surface area contributed by atoms with Crippen molar-refractivity contribution in [3.63, 3.8) is 0 Å². The molecule has 0 spiro atoms. The average Bonchev–Trinajstić information content (AvgIpc) is 3.07. The second kappa shape index (κ2) is 25.4. The summed E-state index contributed by atoms with van der Waals surface area (Å²) >= 11 is 0. The first-order valence-corrected chi connectivity index (χ1v) is 17.6. The van der Waals surface area contributed by atoms with E-state index in [4.69, 9.17) is 22.9 Å². The first-order chi connectivity index (χ1) is 24.7. The second-order valence-corrected chi connectivity index (χ2v) is 13.4. The largest absolute Gasteiger partial charge is 0.480 e. The number of nitrogens with one attached hydrogen (secondary N) is 6. The highest BCUT2D eigenvalue weighted by Crippen LogP contribution is 2.11. The number of rotatable bonds is 26. The highest BCUT2D eigenvalue weighted by atomic mass is 16.4. The molecule has 21 heteroatoms. The molecule has 7 atom stereocenters. The van der Waals surface area contributed by atoms with E-state index in [-0.39, 0.29) is 44.1 Å². The number of aliphatic hydroxyl groups excluding tert-OH is 2. The van der Waals surface area contributed by atoms with Gasteiger partial charge in [0.25, 0.3) is 0 Å². The Bertz CT molecular complexity index is 1240. The van der Waals surface area contributed by atoms with Gasteiger partial charge in [-0.25, -0.2) is 4.79 Å². The molecule has 0 saturated heterocycles. The molecule has 17 N–H and O–H groups in total. The maximum absolute atomic E-state index is 13.6. The van der Waals surface area contributed by atoms with Crippen LogP contribution in [0.4, 0.5) is 0 Å². The molecule has 21 nitrogen and oxygen atoms in total. The van der Waals surface area contributed by atoms with Gasteiger partial charge in [0.15, 0.2) is 5.96 Å². The number of hydrogen-bond acceptors (Lipinski definition) is 12. The molecule has 0 aliphatic rings. The van der Waals surface area contributed by atoms with Crippen LogP contribution >= 0.6 is 0 Å². The van der Waals surface area contributed by atoms with Crippen molar-refractivity contribution in [2.24, 2.45) is 39.8 Å². The Hall–Kier alpha value is -4.60. The average molecular weight is 760 g/mol. The Balaban J connectivity index is 5.79. The van der Waals surface area contributed by atoms with Gasteiger partial charge in [0.2, 0.25) is 35.4 Å². The molecule has 0 aromatic heterocycles. The zero-order valence-corrected chi connectivity index (χ0v) is 31.2. The number of amides is 6. The minimum Gasteiger partial charge on any atom is -0.480 e. The van der Waals surface area contributed by atoms with Crippen molar-refractivity contribution in [1.29, 1.82) is 0 Å². The molecule has 0 heterocycles. The predicted octanol–water partition coefficient (Wildman–Crippen LogP) is -4.80. The van der Waals surface area contributed by atoms with Gasteiger partial charge >= 0.3 is 5.97 Å². The van der Waals surface area contributed by atoms with E-state index in [1.165, 1.54) is 6.92 Å². The van der Waals surface area contributed by atoms with Crippen LogP contribution < -0.4 is 54.8 Å². The lowest BCUT2D eigenvalue weighted by molar-refractivity contribution is -0.143. The summed E-state index contributed by atoms with van der Waals surface area (Å²) in [7, 11) is 0. The Labute approximate surface area is 309 Å². The van der Waals surface area contributed by atoms with Gasteiger partial charge in [-0.15, -0.1) is 0 Å². The van der Waals surface area contributed by atoms with Crippen molar-refractivity contribution in [1.82, 2.24) is 31.9 Å². The van der Waals surface area contributed by atoms with E-state index in [0.717, 1.165) is 0 Å². The van der Waals surface area contributed by atoms with Crippen molar-refractivity contribution in [2.75, 3.05) is 26.2 Å². The minimum atomic E-state index is -1.48. The Morgan fingerprint density at radius 3 is 1.77 bits per heavy atom. The summed E-state index contributed by atoms with van der Waals surface area (Å²) in [6.07, 6.45) is 0.213. The topological polar surface area (TPSA) is 369 Å². The van der Waals surface area contributed by atoms with Crippen LogP contribution in [-0.4, -0.2) is 131 Å². The number of carbonyl (C=O) groups is 7. The zero-order valence-electron chi connectivity index (χ0n) is 31.2. The number of aliphatic carboxylic acids is 1. The maximum Gasteiger partial charge on any atom is 0.326 e. The van der Waals surface area contributed by atoms with E-state index in [9.17, 15) is 48.9 Å². The molecular weight excluding hydrogens is 698 g/mol. The van der Waals surface area contributed by atoms with Gasteiger partial charge in [0.05, 0.1) is 19.3 Å². The molecule has 0 radical (unpaired) electrons. The summed E-state index contributed by atoms with van der Waals surface area (Å²) in [5, 5.41) is 43.3. The fraction of sp³-hybridized carbons (Fsp3) is 0.750. The van der Waals surface area contributed by atoms with E-state index in [1.807, 2.05) is 13.8 Å². The molecule has 304 valence electrons. The van der Waals surface area contributed by atoms with E-state index < -0.39 is 103 Å². The van der Waals surface area contributed by atoms with Gasteiger partial charge in [0.1, 0.15) is 36.3 Å². The number of nitrogens with zero attached hydrogens (tertiary/aromatic N) is 1. The van der Waals surface area contributed by atoms with Crippen LogP contribution in [0.25, 0.3) is 0 Å². The lowest BCUT2D eigenvalue weighted by Gasteiger charge is -2.28. The molecular formula is C32H61N11O10. The molecule has 6 amide bonds. The number of unbranched alkanes of at least 4 members (excludes halogenated alkanes) is 1. The van der Waals surface area contributed by atoms with Crippen molar-refractivity contribution in [3.05, 3.63) is 0 Å². The van der Waals surface area contributed by atoms with Gasteiger partial charge in [-0.3, -0.25) is 33.8 Å². The summed E-state index contributed by atoms with van der Waals surface area (Å²) in [5.74, 6) is -6.89. The summed E-state index contributed by atoms with van der Waals surface area (Å²) in [6.45, 7) is 7.15. The SMILES string of the molecule is CC(C)C[C@H](NC(=O)[C@H](CCCCN)NC(=O)CNC(=O)[C@H](CO)NC(=O)[C@@H](N)[C@@H](C)O)C(=O)N[C@H](C(=O)N[C@@H](CCCN=C(N)N)C(=O)O)C(C)C. The smallest absolute Gasteiger partial charge is 0.326 e. The summed E-state index contributed by atoms with van der Waals surface area (Å²) < 4.78 is 0. The van der Waals surface area contributed by atoms with Gasteiger partial charge < -0.3 is 70.2 Å². The standard InChI is InChI=1S/C32H61N11O10/c1-16(2)13-21(28(49)43-25(17(3)4)30(51)40-20(31(52)53)10-8-12-37-32(35)36)41-27(48)19(9-6-7-11-33)39-23(46)14-38-26(47)22(15-44)42-29(50)24(34)18(5)45/h16-22,24-25,44-45H,6-15,33-34H2,1-5H3,(H,38,47)(H,39,46)(H,40,51)(H,41,48)(H,42,50)(H,43,49)(H,52,53)(H4,35,36,37)/t18-,19+,20+,21+,22+,24+,25+/m1/s1. The molecule has 0 aliphatic carbocycles. The van der Waals surface area contributed by atoms with Crippen molar-refractivity contribution in [3.8, 4) is 0 Å². The molecule has 0 rings (SSSR count). The Morgan fingerprint density at radius 1 is 0.698 bits per heavy atom. The van der Waals surface area contributed by atoms with Crippen LogP contribution in [0, 0.1) is 11.8 Å². The van der Waals surface area contributed by atoms with Gasteiger partial charge in [0, 0.05) is 6.54 Å². The molecule has 0 unspecified atom stereocenters. The summed E-state index contributed by atoms with van der Waals surface area (Å²) in [5.41, 5.74) is 21.7. The van der Waals surface area contributed by atoms with Gasteiger partial charge in [-0.05, 0) is 63.8 Å². The van der Waals surface area contributed by atoms with E-state index in [0.29, 0.717) is 19.4 Å². The van der Waals surface area contributed by atoms with Crippen LogP contribution in [0.3, 0.4) is 0 Å². The second-order valence-electron chi connectivity index (χ2n) is 13.4. The maximum atomic E-state index is 13.6. The van der Waals surface area contributed by atoms with Crippen molar-refractivity contribution >= 4 is 47.4 Å². The molecule has 0 bridgehead atoms. The normalized spacial score (nSPS) is 15.1. The van der Waals surface area contributed by atoms with E-state index in [2.05, 4.69) is 36.9 Å². The summed E-state index contributed by atoms with van der Waals surface area (Å²) in [4.78, 5) is 93.4. The first kappa shape index (κ1) is 48.4. The number of carbonyl (C=O) groups excluding carboxylic acids is 6. The number of carboxylic acids is 1. The molecule has 0 saturated carbocycles. The van der Waals surface area contributed by atoms with Crippen LogP contribution in [0.1, 0.15) is 73.1 Å². The Morgan fingerprint density at radius 2 is 1.26 bits per heavy atom. The number of nitrogens with two attached hydrogens (primary N) is 4. The number of guanidine groups is 1. The molecule has 0 aromatic rings. The van der Waals surface area contributed by atoms with Crippen LogP contribution in [0.5, 0.6) is 0 Å². The number of hydrogen-bond donors (Lipinski definition) is 13. The van der Waals surface area contributed by atoms with E-state index in [1.54, 1.807) is 13.8 Å². The van der Waals surface area contributed by atoms with Gasteiger partial charge in [-0.1, -0.05) is 27.7 Å². The monoisotopic (exact) mass is 759 g/mol. The highest BCUT2D eigenvalue weighted by Gasteiger charge is 2.33. The van der Waals surface area contributed by atoms with Crippen LogP contribution in [-0.2, 0) is 33.6 Å². The summed E-state index contributed by atoms with van der Waals surface area (Å²) in [6, 6.07) is -7.65. The van der Waals surface area contributed by atoms with Gasteiger partial charge in [-0.2, -0.15) is 0 Å². The fourth-order valence-electron chi connectivity index (χ4n) is 4.77. The quantitative estimate of drug-likeness (QED) is 0.0224. The number of aliphatic hydroxyl groups is 2. The van der Waals surface area contributed by atoms with Crippen LogP contribution in [0.2, 0.25) is 0 Å². The molecule has 0 aliphatic heterocycles. The first-order valence-electron chi connectivity index (χ1n) is 17.6. The Kier molecular flexibility index (Phi) is 23.2. The minimum absolute atomic E-state index is 0.0147. The molecule has 0 fully saturated rings. The lowest BCUT2D eigenvalue weighted by atomic mass is 9.99. The number of carboxylic acid groups (broad SMARTS) is 1. The number of aliphatic imine (C=N–C) groups is 1. The lowest BCUT2D eigenvalue weighted by Crippen LogP contribution is -2.59. The van der Waals surface area contributed by atoms with Crippen molar-refractivity contribution < 1.29 is 48.9 Å². The van der Waals surface area contributed by atoms with Crippen LogP contribution in [0.15, 0.2) is 4.99 Å². The predicted molar refractivity (Wildman–Crippen MR) is 194 cm³/mol. The van der Waals surface area contributed by atoms with Crippen molar-refractivity contribution in [2.45, 2.75) is 115 Å². The fourth-order valence-corrected chi connectivity index (χ4v) is 4.77. The third-order valence-electron chi connectivity index (χ3n) is 7.81.